The second-order valence-electron chi connectivity index (χ2n) is 8.71. The summed E-state index contributed by atoms with van der Waals surface area (Å²) in [6, 6.07) is 17.0. The normalized spacial score (nSPS) is 12.2. The van der Waals surface area contributed by atoms with Crippen LogP contribution in [0.1, 0.15) is 11.6 Å². The molecule has 0 spiro atoms. The van der Waals surface area contributed by atoms with Crippen molar-refractivity contribution in [3.05, 3.63) is 94.6 Å². The first-order valence-electron chi connectivity index (χ1n) is 11.3. The van der Waals surface area contributed by atoms with E-state index in [9.17, 15) is 21.6 Å². The number of rotatable bonds is 5. The van der Waals surface area contributed by atoms with Gasteiger partial charge in [-0.15, -0.1) is 0 Å². The highest BCUT2D eigenvalue weighted by molar-refractivity contribution is 7.90. The quantitative estimate of drug-likeness (QED) is 0.207. The highest BCUT2D eigenvalue weighted by Gasteiger charge is 2.34. The maximum absolute atomic E-state index is 13.3. The largest absolute Gasteiger partial charge is 0.440 e. The highest BCUT2D eigenvalue weighted by atomic mass is 35.5. The first-order chi connectivity index (χ1) is 18.3. The average Bonchev–Trinajstić information content (AvgIpc) is 3.51. The molecule has 0 saturated carbocycles. The summed E-state index contributed by atoms with van der Waals surface area (Å²) >= 11 is 12.5. The molecule has 0 bridgehead atoms. The Balaban J connectivity index is 1.76. The fraction of sp³-hybridized carbons (Fsp3) is 0.111. The molecule has 0 amide bonds. The van der Waals surface area contributed by atoms with Gasteiger partial charge in [0.25, 0.3) is 0 Å². The van der Waals surface area contributed by atoms with Crippen LogP contribution < -0.4 is 0 Å². The van der Waals surface area contributed by atoms with Crippen molar-refractivity contribution in [3.8, 4) is 39.4 Å². The molecule has 0 aliphatic carbocycles. The fourth-order valence-corrected chi connectivity index (χ4v) is 5.25. The van der Waals surface area contributed by atoms with Crippen molar-refractivity contribution in [1.29, 1.82) is 0 Å². The van der Waals surface area contributed by atoms with Gasteiger partial charge in [-0.3, -0.25) is 0 Å². The van der Waals surface area contributed by atoms with Crippen LogP contribution in [-0.4, -0.2) is 29.4 Å². The van der Waals surface area contributed by atoms with Crippen LogP contribution in [-0.2, 0) is 16.0 Å². The standard InChI is InChI=1S/C27H18Cl2F3N3O3S/c1-15-33-25(20-8-7-18(28)14-22(20)29)26(38-15)21-13-17(16-4-3-5-19(12-16)39(2,36)37)6-9-23(21)35-11-10-24(34-35)27(30,31)32/h3-14H,1-2H3. The summed E-state index contributed by atoms with van der Waals surface area (Å²) in [4.78, 5) is 4.61. The van der Waals surface area contributed by atoms with Gasteiger partial charge in [0.05, 0.1) is 15.6 Å². The molecule has 2 heterocycles. The lowest BCUT2D eigenvalue weighted by Crippen LogP contribution is -2.07. The van der Waals surface area contributed by atoms with E-state index in [4.69, 9.17) is 27.6 Å². The molecule has 2 aromatic heterocycles. The lowest BCUT2D eigenvalue weighted by atomic mass is 9.98. The molecular formula is C27H18Cl2F3N3O3S. The number of sulfone groups is 1. The first-order valence-corrected chi connectivity index (χ1v) is 14.0. The van der Waals surface area contributed by atoms with Gasteiger partial charge in [0.2, 0.25) is 0 Å². The van der Waals surface area contributed by atoms with E-state index in [1.807, 2.05) is 0 Å². The number of oxazole rings is 1. The summed E-state index contributed by atoms with van der Waals surface area (Å²) in [6.45, 7) is 1.63. The van der Waals surface area contributed by atoms with Gasteiger partial charge in [-0.25, -0.2) is 18.1 Å². The van der Waals surface area contributed by atoms with Crippen LogP contribution in [0.15, 0.2) is 82.2 Å². The summed E-state index contributed by atoms with van der Waals surface area (Å²) in [5.74, 6) is 0.523. The summed E-state index contributed by atoms with van der Waals surface area (Å²) in [5, 5.41) is 4.44. The topological polar surface area (TPSA) is 78.0 Å². The highest BCUT2D eigenvalue weighted by Crippen LogP contribution is 2.41. The Morgan fingerprint density at radius 3 is 2.33 bits per heavy atom. The van der Waals surface area contributed by atoms with Gasteiger partial charge in [-0.1, -0.05) is 41.4 Å². The number of nitrogens with zero attached hydrogens (tertiary/aromatic N) is 3. The maximum atomic E-state index is 13.3. The van der Waals surface area contributed by atoms with Crippen LogP contribution in [0, 0.1) is 6.92 Å². The second kappa shape index (κ2) is 9.86. The van der Waals surface area contributed by atoms with Crippen LogP contribution in [0.5, 0.6) is 0 Å². The lowest BCUT2D eigenvalue weighted by molar-refractivity contribution is -0.141. The Morgan fingerprint density at radius 1 is 0.923 bits per heavy atom. The van der Waals surface area contributed by atoms with Gasteiger partial charge in [-0.2, -0.15) is 18.3 Å². The van der Waals surface area contributed by atoms with E-state index in [1.54, 1.807) is 55.5 Å². The molecule has 0 atom stereocenters. The zero-order chi connectivity index (χ0) is 28.1. The Hall–Kier alpha value is -3.60. The predicted octanol–water partition coefficient (Wildman–Crippen LogP) is 7.90. The Kier molecular flexibility index (Phi) is 6.82. The van der Waals surface area contributed by atoms with Crippen molar-refractivity contribution < 1.29 is 26.0 Å². The van der Waals surface area contributed by atoms with E-state index in [0.717, 1.165) is 17.0 Å². The molecule has 39 heavy (non-hydrogen) atoms. The number of hydrogen-bond acceptors (Lipinski definition) is 5. The zero-order valence-electron chi connectivity index (χ0n) is 20.3. The van der Waals surface area contributed by atoms with Gasteiger partial charge in [-0.05, 0) is 59.7 Å². The number of alkyl halides is 3. The van der Waals surface area contributed by atoms with Crippen molar-refractivity contribution in [2.24, 2.45) is 0 Å². The van der Waals surface area contributed by atoms with Gasteiger partial charge < -0.3 is 4.42 Å². The van der Waals surface area contributed by atoms with E-state index in [2.05, 4.69) is 10.1 Å². The smallest absolute Gasteiger partial charge is 0.435 e. The predicted molar refractivity (Wildman–Crippen MR) is 143 cm³/mol. The van der Waals surface area contributed by atoms with Crippen molar-refractivity contribution in [1.82, 2.24) is 14.8 Å². The van der Waals surface area contributed by atoms with E-state index >= 15 is 0 Å². The second-order valence-corrected chi connectivity index (χ2v) is 11.6. The molecule has 0 aliphatic heterocycles. The lowest BCUT2D eigenvalue weighted by Gasteiger charge is -2.13. The van der Waals surface area contributed by atoms with Crippen molar-refractivity contribution in [3.63, 3.8) is 0 Å². The van der Waals surface area contributed by atoms with Gasteiger partial charge in [0, 0.05) is 35.5 Å². The van der Waals surface area contributed by atoms with Crippen LogP contribution in [0.4, 0.5) is 13.2 Å². The molecule has 5 rings (SSSR count). The molecule has 0 saturated heterocycles. The Bertz CT molecular complexity index is 1830. The van der Waals surface area contributed by atoms with Crippen LogP contribution in [0.2, 0.25) is 10.0 Å². The molecular weight excluding hydrogens is 574 g/mol. The first kappa shape index (κ1) is 27.0. The summed E-state index contributed by atoms with van der Waals surface area (Å²) in [6.07, 6.45) is -2.33. The van der Waals surface area contributed by atoms with Crippen molar-refractivity contribution >= 4 is 33.0 Å². The average molecular weight is 592 g/mol. The third-order valence-corrected chi connectivity index (χ3v) is 7.54. The Labute approximate surface area is 231 Å². The molecule has 12 heteroatoms. The third-order valence-electron chi connectivity index (χ3n) is 5.88. The van der Waals surface area contributed by atoms with E-state index < -0.39 is 21.7 Å². The molecule has 0 N–H and O–H groups in total. The number of benzene rings is 3. The van der Waals surface area contributed by atoms with Gasteiger partial charge >= 0.3 is 6.18 Å². The minimum Gasteiger partial charge on any atom is -0.440 e. The number of aromatic nitrogens is 3. The van der Waals surface area contributed by atoms with E-state index in [1.165, 1.54) is 18.3 Å². The van der Waals surface area contributed by atoms with Crippen molar-refractivity contribution in [2.75, 3.05) is 6.26 Å². The summed E-state index contributed by atoms with van der Waals surface area (Å²) in [7, 11) is -3.48. The molecule has 0 radical (unpaired) electrons. The molecule has 0 unspecified atom stereocenters. The summed E-state index contributed by atoms with van der Waals surface area (Å²) < 4.78 is 71.4. The third kappa shape index (κ3) is 5.45. The number of aryl methyl sites for hydroxylation is 1. The summed E-state index contributed by atoms with van der Waals surface area (Å²) in [5.41, 5.74) is 1.58. The van der Waals surface area contributed by atoms with Crippen LogP contribution in [0.3, 0.4) is 0 Å². The maximum Gasteiger partial charge on any atom is 0.435 e. The van der Waals surface area contributed by atoms with Crippen LogP contribution in [0.25, 0.3) is 39.4 Å². The van der Waals surface area contributed by atoms with Crippen molar-refractivity contribution in [2.45, 2.75) is 18.0 Å². The van der Waals surface area contributed by atoms with E-state index in [0.29, 0.717) is 38.0 Å². The van der Waals surface area contributed by atoms with Gasteiger partial charge in [0.15, 0.2) is 27.2 Å². The number of halogens is 5. The Morgan fingerprint density at radius 2 is 1.67 bits per heavy atom. The molecule has 3 aromatic carbocycles. The zero-order valence-corrected chi connectivity index (χ0v) is 22.6. The fourth-order valence-electron chi connectivity index (χ4n) is 4.09. The minimum atomic E-state index is -4.64. The van der Waals surface area contributed by atoms with Gasteiger partial charge in [0.1, 0.15) is 5.69 Å². The number of hydrogen-bond donors (Lipinski definition) is 0. The SMILES string of the molecule is Cc1nc(-c2ccc(Cl)cc2Cl)c(-c2cc(-c3cccc(S(C)(=O)=O)c3)ccc2-n2ccc(C(F)(F)F)n2)o1. The molecule has 0 aliphatic rings. The monoisotopic (exact) mass is 591 g/mol. The molecule has 5 aromatic rings. The molecule has 6 nitrogen and oxygen atoms in total. The van der Waals surface area contributed by atoms with Crippen LogP contribution >= 0.6 is 23.2 Å². The molecule has 0 fully saturated rings. The molecule has 200 valence electrons. The minimum absolute atomic E-state index is 0.122. The van der Waals surface area contributed by atoms with E-state index in [-0.39, 0.29) is 22.2 Å².